The molecule has 1 aromatic carbocycles. The van der Waals surface area contributed by atoms with Crippen molar-refractivity contribution < 1.29 is 0 Å². The first-order valence-electron chi connectivity index (χ1n) is 7.18. The second kappa shape index (κ2) is 4.77. The summed E-state index contributed by atoms with van der Waals surface area (Å²) in [5.41, 5.74) is 11.9. The van der Waals surface area contributed by atoms with Crippen molar-refractivity contribution in [2.75, 3.05) is 6.54 Å². The highest BCUT2D eigenvalue weighted by atomic mass is 15.0. The van der Waals surface area contributed by atoms with Gasteiger partial charge in [-0.05, 0) is 43.2 Å². The molecule has 18 heavy (non-hydrogen) atoms. The molecule has 2 heteroatoms. The van der Waals surface area contributed by atoms with Crippen molar-refractivity contribution in [1.29, 1.82) is 0 Å². The van der Waals surface area contributed by atoms with Crippen LogP contribution in [0.2, 0.25) is 0 Å². The third kappa shape index (κ3) is 1.67. The van der Waals surface area contributed by atoms with Gasteiger partial charge in [0.15, 0.2) is 0 Å². The molecule has 1 aromatic heterocycles. The zero-order valence-electron chi connectivity index (χ0n) is 11.2. The minimum Gasteiger partial charge on any atom is -0.343 e. The number of aryl methyl sites for hydroxylation is 2. The van der Waals surface area contributed by atoms with Gasteiger partial charge in [-0.15, -0.1) is 0 Å². The summed E-state index contributed by atoms with van der Waals surface area (Å²) in [5.74, 6) is 0. The fourth-order valence-corrected chi connectivity index (χ4v) is 3.43. The molecule has 2 N–H and O–H groups in total. The Balaban J connectivity index is 2.32. The lowest BCUT2D eigenvalue weighted by Gasteiger charge is -2.15. The van der Waals surface area contributed by atoms with E-state index in [2.05, 4.69) is 29.7 Å². The summed E-state index contributed by atoms with van der Waals surface area (Å²) in [6, 6.07) is 6.77. The molecule has 0 saturated heterocycles. The minimum absolute atomic E-state index is 0.730. The summed E-state index contributed by atoms with van der Waals surface area (Å²) < 4.78 is 2.50. The summed E-state index contributed by atoms with van der Waals surface area (Å²) in [7, 11) is 0. The van der Waals surface area contributed by atoms with Crippen molar-refractivity contribution in [3.63, 3.8) is 0 Å². The summed E-state index contributed by atoms with van der Waals surface area (Å²) in [6.07, 6.45) is 6.25. The van der Waals surface area contributed by atoms with Crippen molar-refractivity contribution in [3.05, 3.63) is 35.0 Å². The molecule has 1 heterocycles. The highest BCUT2D eigenvalue weighted by Gasteiger charge is 2.20. The predicted molar refractivity (Wildman–Crippen MR) is 77.0 cm³/mol. The number of nitrogens with two attached hydrogens (primary N) is 1. The molecule has 0 unspecified atom stereocenters. The number of aromatic nitrogens is 1. The Labute approximate surface area is 109 Å². The van der Waals surface area contributed by atoms with E-state index in [-0.39, 0.29) is 0 Å². The van der Waals surface area contributed by atoms with Crippen molar-refractivity contribution >= 4 is 10.9 Å². The molecule has 96 valence electrons. The van der Waals surface area contributed by atoms with E-state index in [0.717, 1.165) is 19.5 Å². The molecule has 0 atom stereocenters. The zero-order chi connectivity index (χ0) is 12.5. The Hall–Kier alpha value is -1.28. The van der Waals surface area contributed by atoms with Gasteiger partial charge in [-0.3, -0.25) is 0 Å². The zero-order valence-corrected chi connectivity index (χ0v) is 11.2. The Morgan fingerprint density at radius 1 is 1.22 bits per heavy atom. The van der Waals surface area contributed by atoms with Gasteiger partial charge in [0.25, 0.3) is 0 Å². The van der Waals surface area contributed by atoms with E-state index in [4.69, 9.17) is 5.73 Å². The topological polar surface area (TPSA) is 30.9 Å². The highest BCUT2D eigenvalue weighted by molar-refractivity contribution is 5.88. The van der Waals surface area contributed by atoms with Crippen LogP contribution in [0.25, 0.3) is 10.9 Å². The number of hydrogen-bond donors (Lipinski definition) is 1. The van der Waals surface area contributed by atoms with Gasteiger partial charge in [-0.2, -0.15) is 0 Å². The Kier molecular flexibility index (Phi) is 3.13. The number of hydrogen-bond acceptors (Lipinski definition) is 1. The summed E-state index contributed by atoms with van der Waals surface area (Å²) >= 11 is 0. The smallest absolute Gasteiger partial charge is 0.0518 e. The van der Waals surface area contributed by atoms with E-state index >= 15 is 0 Å². The van der Waals surface area contributed by atoms with E-state index in [1.165, 1.54) is 42.1 Å². The van der Waals surface area contributed by atoms with Crippen molar-refractivity contribution in [2.24, 2.45) is 5.73 Å². The SMILES string of the molecule is CCc1cccc2c3c(n(CCN)c12)CCCC3. The minimum atomic E-state index is 0.730. The first-order chi connectivity index (χ1) is 8.86. The molecule has 0 bridgehead atoms. The maximum absolute atomic E-state index is 5.81. The van der Waals surface area contributed by atoms with E-state index in [9.17, 15) is 0 Å². The third-order valence-electron chi connectivity index (χ3n) is 4.21. The molecule has 0 saturated carbocycles. The molecule has 2 nitrogen and oxygen atoms in total. The van der Waals surface area contributed by atoms with Gasteiger partial charge in [0, 0.05) is 24.2 Å². The normalized spacial score (nSPS) is 15.0. The number of rotatable bonds is 3. The highest BCUT2D eigenvalue weighted by Crippen LogP contribution is 2.33. The molecule has 0 aliphatic heterocycles. The molecule has 0 fully saturated rings. The average Bonchev–Trinajstić information content (AvgIpc) is 2.74. The van der Waals surface area contributed by atoms with Crippen LogP contribution < -0.4 is 5.73 Å². The van der Waals surface area contributed by atoms with Crippen LogP contribution in [0.1, 0.15) is 36.6 Å². The maximum Gasteiger partial charge on any atom is 0.0518 e. The largest absolute Gasteiger partial charge is 0.343 e. The monoisotopic (exact) mass is 242 g/mol. The average molecular weight is 242 g/mol. The molecule has 1 aliphatic rings. The third-order valence-corrected chi connectivity index (χ3v) is 4.21. The first kappa shape index (κ1) is 11.8. The standard InChI is InChI=1S/C16H22N2/c1-2-12-6-5-8-14-13-7-3-4-9-15(13)18(11-10-17)16(12)14/h5-6,8H,2-4,7,9-11,17H2,1H3. The Bertz CT molecular complexity index is 566. The Morgan fingerprint density at radius 3 is 2.83 bits per heavy atom. The van der Waals surface area contributed by atoms with Crippen molar-refractivity contribution in [1.82, 2.24) is 4.57 Å². The fourth-order valence-electron chi connectivity index (χ4n) is 3.43. The summed E-state index contributed by atoms with van der Waals surface area (Å²) in [6.45, 7) is 3.94. The van der Waals surface area contributed by atoms with E-state index in [1.807, 2.05) is 0 Å². The van der Waals surface area contributed by atoms with Crippen LogP contribution >= 0.6 is 0 Å². The molecular weight excluding hydrogens is 220 g/mol. The lowest BCUT2D eigenvalue weighted by molar-refractivity contribution is 0.616. The summed E-state index contributed by atoms with van der Waals surface area (Å²) in [4.78, 5) is 0. The van der Waals surface area contributed by atoms with Gasteiger partial charge >= 0.3 is 0 Å². The Morgan fingerprint density at radius 2 is 2.06 bits per heavy atom. The lowest BCUT2D eigenvalue weighted by Crippen LogP contribution is -2.14. The number of para-hydroxylation sites is 1. The van der Waals surface area contributed by atoms with Crippen LogP contribution in [-0.4, -0.2) is 11.1 Å². The van der Waals surface area contributed by atoms with Gasteiger partial charge in [-0.1, -0.05) is 25.1 Å². The molecule has 2 aromatic rings. The molecule has 0 spiro atoms. The second-order valence-corrected chi connectivity index (χ2v) is 5.24. The molecule has 1 aliphatic carbocycles. The van der Waals surface area contributed by atoms with E-state index in [1.54, 1.807) is 11.3 Å². The number of nitrogens with zero attached hydrogens (tertiary/aromatic N) is 1. The van der Waals surface area contributed by atoms with E-state index in [0.29, 0.717) is 0 Å². The van der Waals surface area contributed by atoms with Crippen LogP contribution in [-0.2, 0) is 25.8 Å². The quantitative estimate of drug-likeness (QED) is 0.881. The van der Waals surface area contributed by atoms with Gasteiger partial charge in [-0.25, -0.2) is 0 Å². The van der Waals surface area contributed by atoms with Crippen LogP contribution in [0.15, 0.2) is 18.2 Å². The molecular formula is C16H22N2. The first-order valence-corrected chi connectivity index (χ1v) is 7.18. The van der Waals surface area contributed by atoms with Gasteiger partial charge in [0.05, 0.1) is 5.52 Å². The fraction of sp³-hybridized carbons (Fsp3) is 0.500. The number of fused-ring (bicyclic) bond motifs is 3. The molecule has 0 amide bonds. The number of benzene rings is 1. The predicted octanol–water partition coefficient (Wildman–Crippen LogP) is 3.04. The lowest BCUT2D eigenvalue weighted by atomic mass is 9.95. The van der Waals surface area contributed by atoms with Crippen LogP contribution in [0.3, 0.4) is 0 Å². The van der Waals surface area contributed by atoms with Gasteiger partial charge < -0.3 is 10.3 Å². The molecule has 0 radical (unpaired) electrons. The maximum atomic E-state index is 5.81. The van der Waals surface area contributed by atoms with Crippen LogP contribution in [0.4, 0.5) is 0 Å². The second-order valence-electron chi connectivity index (χ2n) is 5.24. The van der Waals surface area contributed by atoms with Crippen LogP contribution in [0.5, 0.6) is 0 Å². The van der Waals surface area contributed by atoms with Crippen molar-refractivity contribution in [3.8, 4) is 0 Å². The summed E-state index contributed by atoms with van der Waals surface area (Å²) in [5, 5.41) is 1.48. The molecule has 3 rings (SSSR count). The van der Waals surface area contributed by atoms with Crippen LogP contribution in [0, 0.1) is 0 Å². The van der Waals surface area contributed by atoms with Gasteiger partial charge in [0.1, 0.15) is 0 Å². The van der Waals surface area contributed by atoms with E-state index < -0.39 is 0 Å². The van der Waals surface area contributed by atoms with Crippen molar-refractivity contribution in [2.45, 2.75) is 45.6 Å². The van der Waals surface area contributed by atoms with Gasteiger partial charge in [0.2, 0.25) is 0 Å².